The fraction of sp³-hybridized carbons (Fsp3) is 0.769. The molecule has 0 radical (unpaired) electrons. The van der Waals surface area contributed by atoms with Crippen molar-refractivity contribution >= 4 is 23.5 Å². The molecule has 1 N–H and O–H groups in total. The highest BCUT2D eigenvalue weighted by Crippen LogP contribution is 2.37. The van der Waals surface area contributed by atoms with Crippen LogP contribution in [0.1, 0.15) is 31.6 Å². The predicted octanol–water partition coefficient (Wildman–Crippen LogP) is 2.58. The van der Waals surface area contributed by atoms with Crippen LogP contribution in [0.5, 0.6) is 5.75 Å². The minimum absolute atomic E-state index is 0.289. The minimum atomic E-state index is 0.289. The van der Waals surface area contributed by atoms with Crippen molar-refractivity contribution < 1.29 is 4.74 Å². The Bertz CT molecular complexity index is 403. The molecule has 0 aromatic carbocycles. The molecule has 1 aromatic heterocycles. The van der Waals surface area contributed by atoms with Gasteiger partial charge in [0.15, 0.2) is 5.75 Å². The third-order valence-corrected chi connectivity index (χ3v) is 6.19. The summed E-state index contributed by atoms with van der Waals surface area (Å²) in [6, 6.07) is 0.633. The summed E-state index contributed by atoms with van der Waals surface area (Å²) < 4.78 is 7.59. The van der Waals surface area contributed by atoms with E-state index in [0.29, 0.717) is 11.3 Å². The first-order chi connectivity index (χ1) is 9.19. The number of aromatic nitrogens is 2. The van der Waals surface area contributed by atoms with Crippen LogP contribution in [0.4, 0.5) is 0 Å². The van der Waals surface area contributed by atoms with Gasteiger partial charge in [-0.15, -0.1) is 0 Å². The van der Waals surface area contributed by atoms with Gasteiger partial charge in [-0.1, -0.05) is 0 Å². The molecule has 4 nitrogen and oxygen atoms in total. The largest absolute Gasteiger partial charge is 0.493 e. The summed E-state index contributed by atoms with van der Waals surface area (Å²) in [5, 5.41) is 8.53. The molecule has 2 rings (SSSR count). The molecular formula is C13H23N3OS2. The van der Waals surface area contributed by atoms with Crippen molar-refractivity contribution in [1.82, 2.24) is 15.1 Å². The van der Waals surface area contributed by atoms with Crippen molar-refractivity contribution in [1.29, 1.82) is 0 Å². The molecule has 1 aliphatic heterocycles. The third-order valence-electron chi connectivity index (χ3n) is 3.33. The predicted molar refractivity (Wildman–Crippen MR) is 84.5 cm³/mol. The van der Waals surface area contributed by atoms with Crippen molar-refractivity contribution in [3.8, 4) is 5.75 Å². The van der Waals surface area contributed by atoms with Crippen LogP contribution >= 0.6 is 23.5 Å². The number of rotatable bonds is 5. The van der Waals surface area contributed by atoms with Crippen molar-refractivity contribution in [3.63, 3.8) is 0 Å². The highest BCUT2D eigenvalue weighted by molar-refractivity contribution is 8.06. The van der Waals surface area contributed by atoms with Crippen molar-refractivity contribution in [2.75, 3.05) is 31.4 Å². The summed E-state index contributed by atoms with van der Waals surface area (Å²) in [5.74, 6) is 4.57. The standard InChI is InChI=1S/C13H23N3OS2/c1-9(2)16-13(10(17-4)7-15-16)12(14-3)11-8-18-5-6-19-11/h7,9,11-12,14H,5-6,8H2,1-4H3. The fourth-order valence-electron chi connectivity index (χ4n) is 2.42. The second-order valence-corrected chi connectivity index (χ2v) is 7.38. The Kier molecular flexibility index (Phi) is 5.47. The molecular weight excluding hydrogens is 278 g/mol. The summed E-state index contributed by atoms with van der Waals surface area (Å²) in [5.41, 5.74) is 1.18. The number of hydrogen-bond acceptors (Lipinski definition) is 5. The normalized spacial score (nSPS) is 21.6. The van der Waals surface area contributed by atoms with E-state index in [2.05, 4.69) is 40.7 Å². The molecule has 6 heteroatoms. The van der Waals surface area contributed by atoms with Gasteiger partial charge < -0.3 is 10.1 Å². The molecule has 0 bridgehead atoms. The van der Waals surface area contributed by atoms with Crippen LogP contribution in [0, 0.1) is 0 Å². The van der Waals surface area contributed by atoms with Gasteiger partial charge >= 0.3 is 0 Å². The summed E-state index contributed by atoms with van der Waals surface area (Å²) in [6.45, 7) is 4.32. The van der Waals surface area contributed by atoms with Crippen molar-refractivity contribution in [2.45, 2.75) is 31.2 Å². The molecule has 0 saturated carbocycles. The van der Waals surface area contributed by atoms with E-state index in [1.54, 1.807) is 7.11 Å². The summed E-state index contributed by atoms with van der Waals surface area (Å²) in [4.78, 5) is 0. The average molecular weight is 301 g/mol. The highest BCUT2D eigenvalue weighted by Gasteiger charge is 2.30. The number of thioether (sulfide) groups is 2. The van der Waals surface area contributed by atoms with Crippen LogP contribution in [0.15, 0.2) is 6.20 Å². The molecule has 0 amide bonds. The number of nitrogens with one attached hydrogen (secondary N) is 1. The average Bonchev–Trinajstić information content (AvgIpc) is 2.85. The van der Waals surface area contributed by atoms with E-state index in [0.717, 1.165) is 5.75 Å². The number of methoxy groups -OCH3 is 1. The van der Waals surface area contributed by atoms with Gasteiger partial charge in [0.1, 0.15) is 0 Å². The Hall–Kier alpha value is -0.330. The zero-order valence-corrected chi connectivity index (χ0v) is 13.7. The lowest BCUT2D eigenvalue weighted by Gasteiger charge is -2.30. The van der Waals surface area contributed by atoms with Gasteiger partial charge in [-0.25, -0.2) is 0 Å². The van der Waals surface area contributed by atoms with Crippen molar-refractivity contribution in [3.05, 3.63) is 11.9 Å². The van der Waals surface area contributed by atoms with Crippen molar-refractivity contribution in [2.24, 2.45) is 0 Å². The van der Waals surface area contributed by atoms with E-state index in [4.69, 9.17) is 4.74 Å². The molecule has 108 valence electrons. The molecule has 2 heterocycles. The Balaban J connectivity index is 2.32. The van der Waals surface area contributed by atoms with Crippen LogP contribution < -0.4 is 10.1 Å². The maximum atomic E-state index is 5.51. The molecule has 1 aliphatic rings. The number of hydrogen-bond donors (Lipinski definition) is 1. The van der Waals surface area contributed by atoms with E-state index >= 15 is 0 Å². The summed E-state index contributed by atoms with van der Waals surface area (Å²) in [7, 11) is 3.75. The first kappa shape index (κ1) is 15.1. The topological polar surface area (TPSA) is 39.1 Å². The fourth-order valence-corrected chi connectivity index (χ4v) is 5.30. The Morgan fingerprint density at radius 2 is 2.26 bits per heavy atom. The van der Waals surface area contributed by atoms with Gasteiger partial charge in [0.25, 0.3) is 0 Å². The second-order valence-electron chi connectivity index (χ2n) is 4.89. The summed E-state index contributed by atoms with van der Waals surface area (Å²) in [6.07, 6.45) is 1.83. The van der Waals surface area contributed by atoms with E-state index < -0.39 is 0 Å². The van der Waals surface area contributed by atoms with Crippen LogP contribution in [-0.2, 0) is 0 Å². The second kappa shape index (κ2) is 6.90. The molecule has 0 aliphatic carbocycles. The highest BCUT2D eigenvalue weighted by atomic mass is 32.2. The number of nitrogens with zero attached hydrogens (tertiary/aromatic N) is 2. The third kappa shape index (κ3) is 3.23. The van der Waals surface area contributed by atoms with Gasteiger partial charge in [-0.3, -0.25) is 4.68 Å². The molecule has 2 unspecified atom stereocenters. The quantitative estimate of drug-likeness (QED) is 0.905. The van der Waals surface area contributed by atoms with Crippen LogP contribution in [0.2, 0.25) is 0 Å². The molecule has 1 aromatic rings. The van der Waals surface area contributed by atoms with Crippen LogP contribution in [0.3, 0.4) is 0 Å². The summed E-state index contributed by atoms with van der Waals surface area (Å²) >= 11 is 4.09. The van der Waals surface area contributed by atoms with E-state index in [1.165, 1.54) is 23.0 Å². The maximum Gasteiger partial charge on any atom is 0.161 e. The van der Waals surface area contributed by atoms with Gasteiger partial charge in [0.05, 0.1) is 25.0 Å². The monoisotopic (exact) mass is 301 g/mol. The maximum absolute atomic E-state index is 5.51. The van der Waals surface area contributed by atoms with E-state index in [1.807, 2.05) is 25.0 Å². The molecule has 19 heavy (non-hydrogen) atoms. The Morgan fingerprint density at radius 3 is 2.79 bits per heavy atom. The van der Waals surface area contributed by atoms with Crippen LogP contribution in [-0.4, -0.2) is 46.4 Å². The van der Waals surface area contributed by atoms with Gasteiger partial charge in [-0.05, 0) is 20.9 Å². The van der Waals surface area contributed by atoms with Crippen LogP contribution in [0.25, 0.3) is 0 Å². The number of ether oxygens (including phenoxy) is 1. The first-order valence-corrected chi connectivity index (χ1v) is 8.87. The van der Waals surface area contributed by atoms with Gasteiger partial charge in [0, 0.05) is 28.6 Å². The van der Waals surface area contributed by atoms with Gasteiger partial charge in [-0.2, -0.15) is 28.6 Å². The zero-order valence-electron chi connectivity index (χ0n) is 12.0. The molecule has 1 saturated heterocycles. The lowest BCUT2D eigenvalue weighted by atomic mass is 10.1. The molecule has 0 spiro atoms. The Morgan fingerprint density at radius 1 is 1.47 bits per heavy atom. The smallest absolute Gasteiger partial charge is 0.161 e. The Labute approximate surface area is 124 Å². The lowest BCUT2D eigenvalue weighted by molar-refractivity contribution is 0.388. The SMILES string of the molecule is CNC(c1c(OC)cnn1C(C)C)C1CSCCS1. The van der Waals surface area contributed by atoms with E-state index in [9.17, 15) is 0 Å². The molecule has 1 fully saturated rings. The zero-order chi connectivity index (χ0) is 13.8. The van der Waals surface area contributed by atoms with E-state index in [-0.39, 0.29) is 6.04 Å². The lowest BCUT2D eigenvalue weighted by Crippen LogP contribution is -2.33. The first-order valence-electron chi connectivity index (χ1n) is 6.67. The molecule has 2 atom stereocenters. The minimum Gasteiger partial charge on any atom is -0.493 e. The van der Waals surface area contributed by atoms with Gasteiger partial charge in [0.2, 0.25) is 0 Å².